The highest BCUT2D eigenvalue weighted by Crippen LogP contribution is 2.26. The Labute approximate surface area is 86.6 Å². The molecule has 0 aromatic carbocycles. The first-order chi connectivity index (χ1) is 6.59. The molecule has 1 amide bonds. The molecule has 0 aromatic rings. The third kappa shape index (κ3) is 3.66. The van der Waals surface area contributed by atoms with E-state index in [0.29, 0.717) is 18.4 Å². The zero-order valence-corrected chi connectivity index (χ0v) is 9.33. The first-order valence-corrected chi connectivity index (χ1v) is 5.55. The van der Waals surface area contributed by atoms with Crippen LogP contribution in [0, 0.1) is 5.92 Å². The van der Waals surface area contributed by atoms with Gasteiger partial charge in [0.05, 0.1) is 0 Å². The molecule has 0 saturated heterocycles. The van der Waals surface area contributed by atoms with Crippen LogP contribution in [-0.2, 0) is 4.79 Å². The highest BCUT2D eigenvalue weighted by Gasteiger charge is 2.19. The van der Waals surface area contributed by atoms with Crippen molar-refractivity contribution in [2.24, 2.45) is 11.7 Å². The number of hydrogen-bond donors (Lipinski definition) is 1. The number of carbonyl (C=O) groups excluding carboxylic acids is 1. The standard InChI is InChI=1S/C11H22N2O/c1-13(2)11(14)7-6-9-4-3-5-10(12)8-9/h9-10H,3-8,12H2,1-2H3. The van der Waals surface area contributed by atoms with Crippen LogP contribution in [0.1, 0.15) is 38.5 Å². The van der Waals surface area contributed by atoms with Gasteiger partial charge in [0.25, 0.3) is 0 Å². The number of amides is 1. The summed E-state index contributed by atoms with van der Waals surface area (Å²) < 4.78 is 0. The van der Waals surface area contributed by atoms with Gasteiger partial charge in [0.15, 0.2) is 0 Å². The molecule has 0 spiro atoms. The van der Waals surface area contributed by atoms with Crippen LogP contribution in [-0.4, -0.2) is 30.9 Å². The Bertz CT molecular complexity index is 192. The molecule has 1 saturated carbocycles. The summed E-state index contributed by atoms with van der Waals surface area (Å²) in [6.45, 7) is 0. The van der Waals surface area contributed by atoms with Gasteiger partial charge in [-0.25, -0.2) is 0 Å². The molecule has 2 N–H and O–H groups in total. The minimum absolute atomic E-state index is 0.240. The number of hydrogen-bond acceptors (Lipinski definition) is 2. The van der Waals surface area contributed by atoms with Gasteiger partial charge in [-0.1, -0.05) is 12.8 Å². The van der Waals surface area contributed by atoms with E-state index in [-0.39, 0.29) is 5.91 Å². The second kappa shape index (κ2) is 5.35. The van der Waals surface area contributed by atoms with E-state index < -0.39 is 0 Å². The second-order valence-corrected chi connectivity index (χ2v) is 4.62. The zero-order valence-electron chi connectivity index (χ0n) is 9.33. The summed E-state index contributed by atoms with van der Waals surface area (Å²) in [5.74, 6) is 0.923. The smallest absolute Gasteiger partial charge is 0.222 e. The van der Waals surface area contributed by atoms with Crippen molar-refractivity contribution in [3.8, 4) is 0 Å². The van der Waals surface area contributed by atoms with Crippen LogP contribution < -0.4 is 5.73 Å². The van der Waals surface area contributed by atoms with Crippen molar-refractivity contribution >= 4 is 5.91 Å². The Morgan fingerprint density at radius 2 is 2.14 bits per heavy atom. The maximum Gasteiger partial charge on any atom is 0.222 e. The fourth-order valence-electron chi connectivity index (χ4n) is 2.15. The Hall–Kier alpha value is -0.570. The van der Waals surface area contributed by atoms with Gasteiger partial charge in [-0.3, -0.25) is 4.79 Å². The van der Waals surface area contributed by atoms with Crippen LogP contribution in [0.15, 0.2) is 0 Å². The minimum Gasteiger partial charge on any atom is -0.349 e. The molecule has 0 aliphatic heterocycles. The summed E-state index contributed by atoms with van der Waals surface area (Å²) >= 11 is 0. The summed E-state index contributed by atoms with van der Waals surface area (Å²) in [6.07, 6.45) is 6.48. The fraction of sp³-hybridized carbons (Fsp3) is 0.909. The Morgan fingerprint density at radius 3 is 2.71 bits per heavy atom. The monoisotopic (exact) mass is 198 g/mol. The maximum absolute atomic E-state index is 11.4. The van der Waals surface area contributed by atoms with Gasteiger partial charge in [-0.05, 0) is 25.2 Å². The lowest BCUT2D eigenvalue weighted by molar-refractivity contribution is -0.129. The molecule has 1 aliphatic carbocycles. The summed E-state index contributed by atoms with van der Waals surface area (Å²) in [5.41, 5.74) is 5.90. The number of rotatable bonds is 3. The van der Waals surface area contributed by atoms with Crippen LogP contribution in [0.4, 0.5) is 0 Å². The molecule has 3 heteroatoms. The molecule has 0 heterocycles. The van der Waals surface area contributed by atoms with Crippen molar-refractivity contribution in [2.75, 3.05) is 14.1 Å². The lowest BCUT2D eigenvalue weighted by atomic mass is 9.83. The maximum atomic E-state index is 11.4. The van der Waals surface area contributed by atoms with E-state index in [2.05, 4.69) is 0 Å². The third-order valence-corrected chi connectivity index (χ3v) is 3.09. The molecule has 1 rings (SSSR count). The van der Waals surface area contributed by atoms with Crippen molar-refractivity contribution in [1.82, 2.24) is 4.90 Å². The molecule has 0 radical (unpaired) electrons. The van der Waals surface area contributed by atoms with E-state index in [1.165, 1.54) is 12.8 Å². The van der Waals surface area contributed by atoms with Crippen LogP contribution in [0.3, 0.4) is 0 Å². The topological polar surface area (TPSA) is 46.3 Å². The highest BCUT2D eigenvalue weighted by atomic mass is 16.2. The van der Waals surface area contributed by atoms with Crippen LogP contribution in [0.25, 0.3) is 0 Å². The van der Waals surface area contributed by atoms with Gasteiger partial charge in [-0.15, -0.1) is 0 Å². The van der Waals surface area contributed by atoms with Crippen LogP contribution >= 0.6 is 0 Å². The lowest BCUT2D eigenvalue weighted by Crippen LogP contribution is -2.29. The first-order valence-electron chi connectivity index (χ1n) is 5.55. The fourth-order valence-corrected chi connectivity index (χ4v) is 2.15. The zero-order chi connectivity index (χ0) is 10.6. The van der Waals surface area contributed by atoms with Crippen molar-refractivity contribution in [2.45, 2.75) is 44.6 Å². The molecule has 1 aliphatic rings. The SMILES string of the molecule is CN(C)C(=O)CCC1CCCC(N)C1. The Morgan fingerprint density at radius 1 is 1.43 bits per heavy atom. The summed E-state index contributed by atoms with van der Waals surface area (Å²) in [7, 11) is 3.63. The molecule has 0 aromatic heterocycles. The first kappa shape index (κ1) is 11.5. The average molecular weight is 198 g/mol. The van der Waals surface area contributed by atoms with Gasteiger partial charge in [0.2, 0.25) is 5.91 Å². The normalized spacial score (nSPS) is 27.4. The molecule has 0 bridgehead atoms. The van der Waals surface area contributed by atoms with Crippen LogP contribution in [0.5, 0.6) is 0 Å². The predicted octanol–water partition coefficient (Wildman–Crippen LogP) is 1.37. The van der Waals surface area contributed by atoms with Crippen molar-refractivity contribution in [1.29, 1.82) is 0 Å². The number of carbonyl (C=O) groups is 1. The quantitative estimate of drug-likeness (QED) is 0.744. The van der Waals surface area contributed by atoms with E-state index in [9.17, 15) is 4.79 Å². The molecule has 3 nitrogen and oxygen atoms in total. The molecular formula is C11H22N2O. The van der Waals surface area contributed by atoms with E-state index in [1.54, 1.807) is 4.90 Å². The predicted molar refractivity (Wildman–Crippen MR) is 57.9 cm³/mol. The van der Waals surface area contributed by atoms with Crippen molar-refractivity contribution < 1.29 is 4.79 Å². The lowest BCUT2D eigenvalue weighted by Gasteiger charge is -2.26. The highest BCUT2D eigenvalue weighted by molar-refractivity contribution is 5.75. The summed E-state index contributed by atoms with van der Waals surface area (Å²) in [5, 5.41) is 0. The van der Waals surface area contributed by atoms with E-state index in [4.69, 9.17) is 5.73 Å². The largest absolute Gasteiger partial charge is 0.349 e. The van der Waals surface area contributed by atoms with Gasteiger partial charge in [0, 0.05) is 26.6 Å². The van der Waals surface area contributed by atoms with E-state index in [0.717, 1.165) is 19.3 Å². The van der Waals surface area contributed by atoms with Crippen LogP contribution in [0.2, 0.25) is 0 Å². The van der Waals surface area contributed by atoms with Crippen molar-refractivity contribution in [3.05, 3.63) is 0 Å². The number of nitrogens with two attached hydrogens (primary N) is 1. The van der Waals surface area contributed by atoms with E-state index >= 15 is 0 Å². The summed E-state index contributed by atoms with van der Waals surface area (Å²) in [6, 6.07) is 0.378. The third-order valence-electron chi connectivity index (χ3n) is 3.09. The molecule has 82 valence electrons. The van der Waals surface area contributed by atoms with Gasteiger partial charge in [-0.2, -0.15) is 0 Å². The molecule has 1 fully saturated rings. The van der Waals surface area contributed by atoms with Crippen molar-refractivity contribution in [3.63, 3.8) is 0 Å². The molecule has 2 atom stereocenters. The molecular weight excluding hydrogens is 176 g/mol. The molecule has 2 unspecified atom stereocenters. The minimum atomic E-state index is 0.240. The Kier molecular flexibility index (Phi) is 4.39. The Balaban J connectivity index is 2.20. The van der Waals surface area contributed by atoms with Gasteiger partial charge >= 0.3 is 0 Å². The number of nitrogens with zero attached hydrogens (tertiary/aromatic N) is 1. The van der Waals surface area contributed by atoms with Gasteiger partial charge in [0.1, 0.15) is 0 Å². The average Bonchev–Trinajstić information content (AvgIpc) is 2.14. The summed E-state index contributed by atoms with van der Waals surface area (Å²) in [4.78, 5) is 13.0. The second-order valence-electron chi connectivity index (χ2n) is 4.62. The molecule has 14 heavy (non-hydrogen) atoms. The van der Waals surface area contributed by atoms with Gasteiger partial charge < -0.3 is 10.6 Å². The van der Waals surface area contributed by atoms with E-state index in [1.807, 2.05) is 14.1 Å².